The van der Waals surface area contributed by atoms with E-state index in [0.29, 0.717) is 10.9 Å². The van der Waals surface area contributed by atoms with Crippen molar-refractivity contribution in [3.63, 3.8) is 0 Å². The molecule has 4 nitrogen and oxygen atoms in total. The predicted molar refractivity (Wildman–Crippen MR) is 57.5 cm³/mol. The van der Waals surface area contributed by atoms with Gasteiger partial charge in [-0.25, -0.2) is 8.78 Å². The number of carbonyl (C=O) groups is 1. The maximum absolute atomic E-state index is 13.3. The molecule has 6 heteroatoms. The number of aromatic amines is 1. The quantitative estimate of drug-likeness (QED) is 0.758. The second kappa shape index (κ2) is 4.14. The molecule has 0 spiro atoms. The number of hydrogen-bond acceptors (Lipinski definition) is 2. The number of H-pyrrole nitrogens is 1. The number of carboxylic acid groups (broad SMARTS) is 1. The summed E-state index contributed by atoms with van der Waals surface area (Å²) >= 11 is 0. The van der Waals surface area contributed by atoms with Gasteiger partial charge < -0.3 is 15.8 Å². The van der Waals surface area contributed by atoms with Crippen LogP contribution in [0.1, 0.15) is 5.56 Å². The van der Waals surface area contributed by atoms with Gasteiger partial charge in [0.1, 0.15) is 17.7 Å². The highest BCUT2D eigenvalue weighted by Gasteiger charge is 2.16. The maximum atomic E-state index is 13.3. The van der Waals surface area contributed by atoms with Crippen LogP contribution in [0, 0.1) is 11.6 Å². The topological polar surface area (TPSA) is 79.1 Å². The Labute approximate surface area is 95.0 Å². The van der Waals surface area contributed by atoms with Gasteiger partial charge in [0, 0.05) is 24.1 Å². The molecule has 0 amide bonds. The molecule has 1 heterocycles. The molecule has 1 aromatic carbocycles. The van der Waals surface area contributed by atoms with Crippen LogP contribution in [0.15, 0.2) is 18.3 Å². The van der Waals surface area contributed by atoms with Crippen LogP contribution in [0.25, 0.3) is 10.9 Å². The number of aromatic nitrogens is 1. The minimum atomic E-state index is -1.16. The van der Waals surface area contributed by atoms with Crippen molar-refractivity contribution in [2.45, 2.75) is 12.5 Å². The molecule has 0 bridgehead atoms. The number of benzene rings is 1. The van der Waals surface area contributed by atoms with Crippen molar-refractivity contribution in [3.8, 4) is 0 Å². The SMILES string of the molecule is N[C@@H](Cc1c[nH]c2c(F)cc(F)cc12)C(=O)O. The van der Waals surface area contributed by atoms with Crippen molar-refractivity contribution < 1.29 is 18.7 Å². The van der Waals surface area contributed by atoms with E-state index in [1.54, 1.807) is 0 Å². The largest absolute Gasteiger partial charge is 0.480 e. The number of fused-ring (bicyclic) bond motifs is 1. The lowest BCUT2D eigenvalue weighted by Gasteiger charge is -2.04. The molecule has 0 saturated carbocycles. The summed E-state index contributed by atoms with van der Waals surface area (Å²) in [6, 6.07) is 0.818. The van der Waals surface area contributed by atoms with Crippen molar-refractivity contribution in [1.29, 1.82) is 0 Å². The average molecular weight is 240 g/mol. The maximum Gasteiger partial charge on any atom is 0.320 e. The molecule has 17 heavy (non-hydrogen) atoms. The van der Waals surface area contributed by atoms with Crippen LogP contribution in [0.2, 0.25) is 0 Å². The molecule has 0 aliphatic carbocycles. The number of hydrogen-bond donors (Lipinski definition) is 3. The lowest BCUT2D eigenvalue weighted by molar-refractivity contribution is -0.138. The van der Waals surface area contributed by atoms with Gasteiger partial charge in [0.15, 0.2) is 0 Å². The molecule has 4 N–H and O–H groups in total. The highest BCUT2D eigenvalue weighted by Crippen LogP contribution is 2.23. The Morgan fingerprint density at radius 3 is 2.82 bits per heavy atom. The van der Waals surface area contributed by atoms with E-state index in [1.165, 1.54) is 6.20 Å². The molecule has 1 aromatic heterocycles. The smallest absolute Gasteiger partial charge is 0.320 e. The molecule has 2 aromatic rings. The fraction of sp³-hybridized carbons (Fsp3) is 0.182. The normalized spacial score (nSPS) is 12.9. The summed E-state index contributed by atoms with van der Waals surface area (Å²) in [5.74, 6) is -2.58. The number of carboxylic acids is 1. The molecule has 0 saturated heterocycles. The highest BCUT2D eigenvalue weighted by atomic mass is 19.1. The van der Waals surface area contributed by atoms with E-state index in [0.717, 1.165) is 12.1 Å². The first kappa shape index (κ1) is 11.5. The van der Waals surface area contributed by atoms with Crippen LogP contribution >= 0.6 is 0 Å². The van der Waals surface area contributed by atoms with Crippen LogP contribution in [0.5, 0.6) is 0 Å². The number of nitrogens with two attached hydrogens (primary N) is 1. The monoisotopic (exact) mass is 240 g/mol. The van der Waals surface area contributed by atoms with Gasteiger partial charge in [0.05, 0.1) is 5.52 Å². The third-order valence-electron chi connectivity index (χ3n) is 2.55. The highest BCUT2D eigenvalue weighted by molar-refractivity contribution is 5.85. The molecule has 90 valence electrons. The van der Waals surface area contributed by atoms with E-state index in [9.17, 15) is 13.6 Å². The van der Waals surface area contributed by atoms with Crippen molar-refractivity contribution in [2.75, 3.05) is 0 Å². The molecule has 0 radical (unpaired) electrons. The molecule has 1 atom stereocenters. The van der Waals surface area contributed by atoms with Crippen LogP contribution in [0.4, 0.5) is 8.78 Å². The molecular formula is C11H10F2N2O2. The Morgan fingerprint density at radius 1 is 1.47 bits per heavy atom. The summed E-state index contributed by atoms with van der Waals surface area (Å²) in [5.41, 5.74) is 6.01. The van der Waals surface area contributed by atoms with Gasteiger partial charge in [0.2, 0.25) is 0 Å². The summed E-state index contributed by atoms with van der Waals surface area (Å²) < 4.78 is 26.4. The van der Waals surface area contributed by atoms with Gasteiger partial charge in [-0.3, -0.25) is 4.79 Å². The second-order valence-electron chi connectivity index (χ2n) is 3.77. The molecule has 0 aliphatic heterocycles. The summed E-state index contributed by atoms with van der Waals surface area (Å²) in [4.78, 5) is 13.2. The number of halogens is 2. The first-order chi connectivity index (χ1) is 7.99. The predicted octanol–water partition coefficient (Wildman–Crippen LogP) is 1.40. The van der Waals surface area contributed by atoms with Gasteiger partial charge in [-0.15, -0.1) is 0 Å². The van der Waals surface area contributed by atoms with Crippen molar-refractivity contribution in [1.82, 2.24) is 4.98 Å². The fourth-order valence-electron chi connectivity index (χ4n) is 1.70. The van der Waals surface area contributed by atoms with E-state index in [1.807, 2.05) is 0 Å². The third-order valence-corrected chi connectivity index (χ3v) is 2.55. The average Bonchev–Trinajstić information content (AvgIpc) is 2.61. The first-order valence-corrected chi connectivity index (χ1v) is 4.92. The Kier molecular flexibility index (Phi) is 2.81. The van der Waals surface area contributed by atoms with E-state index in [4.69, 9.17) is 10.8 Å². The van der Waals surface area contributed by atoms with E-state index in [2.05, 4.69) is 4.98 Å². The first-order valence-electron chi connectivity index (χ1n) is 4.92. The number of rotatable bonds is 3. The Hall–Kier alpha value is -1.95. The third kappa shape index (κ3) is 2.12. The van der Waals surface area contributed by atoms with Crippen molar-refractivity contribution in [3.05, 3.63) is 35.5 Å². The van der Waals surface area contributed by atoms with Gasteiger partial charge in [-0.1, -0.05) is 0 Å². The minimum Gasteiger partial charge on any atom is -0.480 e. The Morgan fingerprint density at radius 2 is 2.18 bits per heavy atom. The molecular weight excluding hydrogens is 230 g/mol. The number of aliphatic carboxylic acids is 1. The van der Waals surface area contributed by atoms with Crippen LogP contribution < -0.4 is 5.73 Å². The van der Waals surface area contributed by atoms with E-state index in [-0.39, 0.29) is 11.9 Å². The zero-order valence-corrected chi connectivity index (χ0v) is 8.71. The summed E-state index contributed by atoms with van der Waals surface area (Å²) in [6.45, 7) is 0. The summed E-state index contributed by atoms with van der Waals surface area (Å²) in [7, 11) is 0. The lowest BCUT2D eigenvalue weighted by atomic mass is 10.1. The van der Waals surface area contributed by atoms with Gasteiger partial charge in [-0.05, 0) is 11.6 Å². The van der Waals surface area contributed by atoms with Gasteiger partial charge in [0.25, 0.3) is 0 Å². The standard InChI is InChI=1S/C11H10F2N2O2/c12-6-2-7-5(1-9(14)11(16)17)4-15-10(7)8(13)3-6/h2-4,9,15H,1,14H2,(H,16,17)/t9-/m0/s1. The van der Waals surface area contributed by atoms with Crippen LogP contribution in [-0.4, -0.2) is 22.1 Å². The minimum absolute atomic E-state index is 0.0121. The molecule has 2 rings (SSSR count). The molecule has 0 aliphatic rings. The zero-order valence-electron chi connectivity index (χ0n) is 8.71. The van der Waals surface area contributed by atoms with Gasteiger partial charge >= 0.3 is 5.97 Å². The lowest BCUT2D eigenvalue weighted by Crippen LogP contribution is -2.32. The van der Waals surface area contributed by atoms with E-state index < -0.39 is 23.6 Å². The summed E-state index contributed by atoms with van der Waals surface area (Å²) in [6.07, 6.45) is 1.45. The number of nitrogens with one attached hydrogen (secondary N) is 1. The fourth-order valence-corrected chi connectivity index (χ4v) is 1.70. The van der Waals surface area contributed by atoms with Crippen LogP contribution in [-0.2, 0) is 11.2 Å². The van der Waals surface area contributed by atoms with Gasteiger partial charge in [-0.2, -0.15) is 0 Å². The second-order valence-corrected chi connectivity index (χ2v) is 3.77. The zero-order chi connectivity index (χ0) is 12.6. The van der Waals surface area contributed by atoms with Crippen LogP contribution in [0.3, 0.4) is 0 Å². The van der Waals surface area contributed by atoms with Crippen molar-refractivity contribution >= 4 is 16.9 Å². The summed E-state index contributed by atoms with van der Waals surface area (Å²) in [5, 5.41) is 9.00. The molecule has 0 fully saturated rings. The Bertz CT molecular complexity index is 580. The van der Waals surface area contributed by atoms with Crippen molar-refractivity contribution in [2.24, 2.45) is 5.73 Å². The molecule has 0 unspecified atom stereocenters. The Balaban J connectivity index is 2.45. The van der Waals surface area contributed by atoms with E-state index >= 15 is 0 Å².